The summed E-state index contributed by atoms with van der Waals surface area (Å²) in [6.07, 6.45) is 0.472. The lowest BCUT2D eigenvalue weighted by molar-refractivity contribution is 0.199. The molecule has 18 heavy (non-hydrogen) atoms. The molecule has 0 saturated carbocycles. The van der Waals surface area contributed by atoms with Crippen molar-refractivity contribution in [3.63, 3.8) is 0 Å². The third-order valence-corrected chi connectivity index (χ3v) is 3.95. The molecule has 1 saturated heterocycles. The first-order valence-electron chi connectivity index (χ1n) is 6.72. The molecule has 0 spiro atoms. The number of hydrogen-bond donors (Lipinski definition) is 1. The van der Waals surface area contributed by atoms with Gasteiger partial charge in [-0.25, -0.2) is 4.39 Å². The van der Waals surface area contributed by atoms with E-state index >= 15 is 0 Å². The van der Waals surface area contributed by atoms with Gasteiger partial charge in [-0.2, -0.15) is 0 Å². The van der Waals surface area contributed by atoms with Crippen molar-refractivity contribution in [2.24, 2.45) is 11.8 Å². The fourth-order valence-corrected chi connectivity index (χ4v) is 2.74. The minimum atomic E-state index is -0.631. The van der Waals surface area contributed by atoms with Crippen molar-refractivity contribution >= 4 is 5.69 Å². The van der Waals surface area contributed by atoms with E-state index in [9.17, 15) is 9.50 Å². The fraction of sp³-hybridized carbons (Fsp3) is 0.600. The van der Waals surface area contributed by atoms with Crippen molar-refractivity contribution < 1.29 is 9.50 Å². The summed E-state index contributed by atoms with van der Waals surface area (Å²) >= 11 is 0. The maximum Gasteiger partial charge on any atom is 0.146 e. The maximum atomic E-state index is 14.0. The molecule has 100 valence electrons. The van der Waals surface area contributed by atoms with Crippen LogP contribution in [0.1, 0.15) is 38.9 Å². The van der Waals surface area contributed by atoms with Gasteiger partial charge in [0.1, 0.15) is 5.82 Å². The first-order valence-corrected chi connectivity index (χ1v) is 6.72. The Kier molecular flexibility index (Phi) is 3.91. The predicted molar refractivity (Wildman–Crippen MR) is 72.2 cm³/mol. The summed E-state index contributed by atoms with van der Waals surface area (Å²) in [6, 6.07) is 4.95. The van der Waals surface area contributed by atoms with E-state index < -0.39 is 6.10 Å². The number of hydrogen-bond acceptors (Lipinski definition) is 2. The van der Waals surface area contributed by atoms with Crippen molar-refractivity contribution in [3.8, 4) is 0 Å². The van der Waals surface area contributed by atoms with Gasteiger partial charge in [0.15, 0.2) is 0 Å². The largest absolute Gasteiger partial charge is 0.389 e. The quantitative estimate of drug-likeness (QED) is 0.890. The molecule has 1 N–H and O–H groups in total. The lowest BCUT2D eigenvalue weighted by Crippen LogP contribution is -2.24. The zero-order chi connectivity index (χ0) is 13.3. The number of halogens is 1. The van der Waals surface area contributed by atoms with Crippen molar-refractivity contribution in [1.29, 1.82) is 0 Å². The van der Waals surface area contributed by atoms with Crippen LogP contribution < -0.4 is 4.90 Å². The molecular formula is C15H22FNO. The highest BCUT2D eigenvalue weighted by molar-refractivity contribution is 5.56. The van der Waals surface area contributed by atoms with Gasteiger partial charge < -0.3 is 10.0 Å². The monoisotopic (exact) mass is 251 g/mol. The average Bonchev–Trinajstić information content (AvgIpc) is 2.77. The standard InChI is InChI=1S/C15H22FNO/c1-10(2)12-7-8-17(9-12)15-13(11(3)18)5-4-6-14(15)16/h4-6,10-12,18H,7-9H2,1-3H3/t11-,12?/m1/s1. The summed E-state index contributed by atoms with van der Waals surface area (Å²) in [4.78, 5) is 2.09. The molecule has 0 aliphatic carbocycles. The van der Waals surface area contributed by atoms with E-state index in [1.165, 1.54) is 6.07 Å². The van der Waals surface area contributed by atoms with Gasteiger partial charge in [-0.15, -0.1) is 0 Å². The van der Waals surface area contributed by atoms with E-state index in [0.717, 1.165) is 19.5 Å². The molecular weight excluding hydrogens is 229 g/mol. The lowest BCUT2D eigenvalue weighted by atomic mass is 9.95. The Balaban J connectivity index is 2.29. The molecule has 0 amide bonds. The molecule has 2 rings (SSSR count). The summed E-state index contributed by atoms with van der Waals surface area (Å²) < 4.78 is 14.0. The van der Waals surface area contributed by atoms with E-state index in [2.05, 4.69) is 18.7 Å². The molecule has 1 aromatic rings. The smallest absolute Gasteiger partial charge is 0.146 e. The summed E-state index contributed by atoms with van der Waals surface area (Å²) in [7, 11) is 0. The van der Waals surface area contributed by atoms with Gasteiger partial charge in [-0.3, -0.25) is 0 Å². The number of anilines is 1. The van der Waals surface area contributed by atoms with Crippen LogP contribution in [0.2, 0.25) is 0 Å². The van der Waals surface area contributed by atoms with Crippen LogP contribution in [0.5, 0.6) is 0 Å². The Hall–Kier alpha value is -1.09. The van der Waals surface area contributed by atoms with Gasteiger partial charge in [0.05, 0.1) is 11.8 Å². The molecule has 1 aliphatic rings. The first kappa shape index (κ1) is 13.3. The molecule has 0 bridgehead atoms. The van der Waals surface area contributed by atoms with Crippen LogP contribution in [0.4, 0.5) is 10.1 Å². The van der Waals surface area contributed by atoms with Gasteiger partial charge in [0.2, 0.25) is 0 Å². The van der Waals surface area contributed by atoms with Crippen LogP contribution in [0.25, 0.3) is 0 Å². The molecule has 1 unspecified atom stereocenters. The Morgan fingerprint density at radius 2 is 2.06 bits per heavy atom. The van der Waals surface area contributed by atoms with E-state index in [4.69, 9.17) is 0 Å². The lowest BCUT2D eigenvalue weighted by Gasteiger charge is -2.24. The van der Waals surface area contributed by atoms with Crippen molar-refractivity contribution in [1.82, 2.24) is 0 Å². The van der Waals surface area contributed by atoms with Crippen molar-refractivity contribution in [2.45, 2.75) is 33.3 Å². The van der Waals surface area contributed by atoms with Crippen molar-refractivity contribution in [3.05, 3.63) is 29.6 Å². The Morgan fingerprint density at radius 3 is 2.61 bits per heavy atom. The normalized spacial score (nSPS) is 21.7. The first-order chi connectivity index (χ1) is 8.50. The average molecular weight is 251 g/mol. The summed E-state index contributed by atoms with van der Waals surface area (Å²) in [5.74, 6) is 1.01. The predicted octanol–water partition coefficient (Wildman–Crippen LogP) is 3.36. The number of rotatable bonds is 3. The van der Waals surface area contributed by atoms with Gasteiger partial charge in [-0.1, -0.05) is 26.0 Å². The van der Waals surface area contributed by atoms with Crippen LogP contribution in [-0.4, -0.2) is 18.2 Å². The number of aliphatic hydroxyl groups is 1. The van der Waals surface area contributed by atoms with E-state index in [-0.39, 0.29) is 5.82 Å². The zero-order valence-electron chi connectivity index (χ0n) is 11.4. The molecule has 3 heteroatoms. The van der Waals surface area contributed by atoms with Gasteiger partial charge >= 0.3 is 0 Å². The van der Waals surface area contributed by atoms with E-state index in [0.29, 0.717) is 23.1 Å². The van der Waals surface area contributed by atoms with Gasteiger partial charge in [-0.05, 0) is 31.2 Å². The fourth-order valence-electron chi connectivity index (χ4n) is 2.74. The Morgan fingerprint density at radius 1 is 1.33 bits per heavy atom. The van der Waals surface area contributed by atoms with Crippen LogP contribution in [0, 0.1) is 17.7 Å². The van der Waals surface area contributed by atoms with Gasteiger partial charge in [0.25, 0.3) is 0 Å². The second-order valence-electron chi connectivity index (χ2n) is 5.59. The number of para-hydroxylation sites is 1. The maximum absolute atomic E-state index is 14.0. The molecule has 0 aromatic heterocycles. The van der Waals surface area contributed by atoms with Crippen LogP contribution in [0.3, 0.4) is 0 Å². The second kappa shape index (κ2) is 5.27. The third kappa shape index (κ3) is 2.51. The summed E-state index contributed by atoms with van der Waals surface area (Å²) in [5.41, 5.74) is 1.29. The number of benzene rings is 1. The van der Waals surface area contributed by atoms with Crippen LogP contribution in [-0.2, 0) is 0 Å². The summed E-state index contributed by atoms with van der Waals surface area (Å²) in [5, 5.41) is 9.77. The minimum absolute atomic E-state index is 0.224. The third-order valence-electron chi connectivity index (χ3n) is 3.95. The molecule has 2 atom stereocenters. The summed E-state index contributed by atoms with van der Waals surface area (Å²) in [6.45, 7) is 7.88. The van der Waals surface area contributed by atoms with Crippen LogP contribution >= 0.6 is 0 Å². The molecule has 0 radical (unpaired) electrons. The molecule has 1 aliphatic heterocycles. The van der Waals surface area contributed by atoms with Gasteiger partial charge in [0, 0.05) is 18.7 Å². The molecule has 1 fully saturated rings. The SMILES string of the molecule is CC(C)C1CCN(c2c(F)cccc2[C@@H](C)O)C1. The highest BCUT2D eigenvalue weighted by Crippen LogP contribution is 2.34. The molecule has 1 aromatic carbocycles. The van der Waals surface area contributed by atoms with E-state index in [1.807, 2.05) is 6.07 Å². The van der Waals surface area contributed by atoms with E-state index in [1.54, 1.807) is 13.0 Å². The minimum Gasteiger partial charge on any atom is -0.389 e. The molecule has 1 heterocycles. The highest BCUT2D eigenvalue weighted by Gasteiger charge is 2.28. The van der Waals surface area contributed by atoms with Crippen LogP contribution in [0.15, 0.2) is 18.2 Å². The number of aliphatic hydroxyl groups excluding tert-OH is 1. The highest BCUT2D eigenvalue weighted by atomic mass is 19.1. The Bertz CT molecular complexity index is 417. The molecule has 2 nitrogen and oxygen atoms in total. The van der Waals surface area contributed by atoms with Crippen molar-refractivity contribution in [2.75, 3.05) is 18.0 Å². The zero-order valence-corrected chi connectivity index (χ0v) is 11.4. The number of nitrogens with zero attached hydrogens (tertiary/aromatic N) is 1. The second-order valence-corrected chi connectivity index (χ2v) is 5.59. The Labute approximate surface area is 108 Å². The topological polar surface area (TPSA) is 23.5 Å².